The van der Waals surface area contributed by atoms with Crippen LogP contribution in [0, 0.1) is 3.70 Å². The molecular formula is C24H32IN5O4. The predicted molar refractivity (Wildman–Crippen MR) is 141 cm³/mol. The summed E-state index contributed by atoms with van der Waals surface area (Å²) in [6.45, 7) is 8.68. The highest BCUT2D eigenvalue weighted by atomic mass is 127. The fourth-order valence-electron chi connectivity index (χ4n) is 3.46. The van der Waals surface area contributed by atoms with E-state index in [2.05, 4.69) is 38.2 Å². The molecule has 0 unspecified atom stereocenters. The number of nitrogens with zero attached hydrogens (tertiary/aromatic N) is 3. The van der Waals surface area contributed by atoms with Gasteiger partial charge in [0.15, 0.2) is 0 Å². The van der Waals surface area contributed by atoms with Crippen molar-refractivity contribution in [3.63, 3.8) is 0 Å². The van der Waals surface area contributed by atoms with Gasteiger partial charge in [-0.1, -0.05) is 0 Å². The summed E-state index contributed by atoms with van der Waals surface area (Å²) in [5, 5.41) is 12.0. The topological polar surface area (TPSA) is 99.5 Å². The summed E-state index contributed by atoms with van der Waals surface area (Å²) in [4.78, 5) is 16.6. The molecule has 1 aromatic carbocycles. The van der Waals surface area contributed by atoms with Crippen LogP contribution in [0.4, 0.5) is 10.6 Å². The number of methoxy groups -OCH3 is 2. The number of benzene rings is 1. The average Bonchev–Trinajstić information content (AvgIpc) is 3.11. The minimum Gasteiger partial charge on any atom is -0.497 e. The highest BCUT2D eigenvalue weighted by molar-refractivity contribution is 14.1. The molecule has 0 spiro atoms. The molecule has 0 aliphatic carbocycles. The number of amides is 1. The predicted octanol–water partition coefficient (Wildman–Crippen LogP) is 4.97. The van der Waals surface area contributed by atoms with Crippen molar-refractivity contribution in [3.05, 3.63) is 39.7 Å². The Morgan fingerprint density at radius 3 is 2.65 bits per heavy atom. The molecule has 3 aromatic rings. The fourth-order valence-corrected chi connectivity index (χ4v) is 4.25. The maximum absolute atomic E-state index is 12.0. The van der Waals surface area contributed by atoms with Crippen LogP contribution < -0.4 is 20.1 Å². The summed E-state index contributed by atoms with van der Waals surface area (Å²) in [5.41, 5.74) is 1.45. The minimum atomic E-state index is -0.523. The lowest BCUT2D eigenvalue weighted by atomic mass is 10.2. The van der Waals surface area contributed by atoms with Crippen molar-refractivity contribution in [1.29, 1.82) is 0 Å². The van der Waals surface area contributed by atoms with Gasteiger partial charge in [0, 0.05) is 37.0 Å². The molecule has 34 heavy (non-hydrogen) atoms. The Kier molecular flexibility index (Phi) is 8.45. The van der Waals surface area contributed by atoms with E-state index in [4.69, 9.17) is 19.3 Å². The third-order valence-electron chi connectivity index (χ3n) is 5.10. The minimum absolute atomic E-state index is 0.0614. The molecule has 3 rings (SSSR count). The zero-order valence-electron chi connectivity index (χ0n) is 20.4. The van der Waals surface area contributed by atoms with Crippen LogP contribution in [-0.2, 0) is 17.8 Å². The standard InChI is InChI=1S/C24H32IN5O4/c1-15(28-23(31)34-24(2,3)4)10-12-30-18-9-11-26-22(20(18)21(25)29-30)27-14-16-7-8-17(32-5)13-19(16)33-6/h7-9,11,13,15H,10,12,14H2,1-6H3,(H,26,27)(H,28,31)/t15-/m1/s1. The van der Waals surface area contributed by atoms with E-state index in [-0.39, 0.29) is 6.04 Å². The number of alkyl carbamates (subject to hydrolysis) is 1. The molecule has 0 aliphatic rings. The summed E-state index contributed by atoms with van der Waals surface area (Å²) >= 11 is 2.23. The van der Waals surface area contributed by atoms with Crippen LogP contribution in [-0.4, -0.2) is 46.7 Å². The van der Waals surface area contributed by atoms with Crippen molar-refractivity contribution in [2.24, 2.45) is 0 Å². The molecule has 2 aromatic heterocycles. The van der Waals surface area contributed by atoms with Crippen LogP contribution in [0.2, 0.25) is 0 Å². The number of hydrogen-bond donors (Lipinski definition) is 2. The lowest BCUT2D eigenvalue weighted by molar-refractivity contribution is 0.0505. The van der Waals surface area contributed by atoms with Crippen molar-refractivity contribution in [2.75, 3.05) is 19.5 Å². The van der Waals surface area contributed by atoms with Gasteiger partial charge in [0.2, 0.25) is 0 Å². The quantitative estimate of drug-likeness (QED) is 0.345. The Morgan fingerprint density at radius 1 is 1.21 bits per heavy atom. The van der Waals surface area contributed by atoms with Crippen LogP contribution in [0.25, 0.3) is 10.9 Å². The molecule has 0 bridgehead atoms. The zero-order valence-corrected chi connectivity index (χ0v) is 22.6. The second-order valence-electron chi connectivity index (χ2n) is 8.93. The number of anilines is 1. The number of pyridine rings is 1. The van der Waals surface area contributed by atoms with Gasteiger partial charge in [0.1, 0.15) is 26.6 Å². The number of rotatable bonds is 9. The molecule has 0 fully saturated rings. The van der Waals surface area contributed by atoms with Crippen LogP contribution in [0.5, 0.6) is 11.5 Å². The summed E-state index contributed by atoms with van der Waals surface area (Å²) in [6, 6.07) is 7.63. The summed E-state index contributed by atoms with van der Waals surface area (Å²) < 4.78 is 18.9. The van der Waals surface area contributed by atoms with Gasteiger partial charge in [-0.3, -0.25) is 4.68 Å². The van der Waals surface area contributed by atoms with Crippen molar-refractivity contribution in [3.8, 4) is 11.5 Å². The maximum atomic E-state index is 12.0. The number of nitrogens with one attached hydrogen (secondary N) is 2. The number of hydrogen-bond acceptors (Lipinski definition) is 7. The Labute approximate surface area is 213 Å². The molecule has 0 saturated carbocycles. The fraction of sp³-hybridized carbons (Fsp3) is 0.458. The van der Waals surface area contributed by atoms with E-state index in [9.17, 15) is 4.79 Å². The first-order valence-corrected chi connectivity index (χ1v) is 12.1. The Hall–Kier alpha value is -2.76. The number of aryl methyl sites for hydroxylation is 1. The van der Waals surface area contributed by atoms with E-state index >= 15 is 0 Å². The lowest BCUT2D eigenvalue weighted by Crippen LogP contribution is -2.38. The Morgan fingerprint density at radius 2 is 1.97 bits per heavy atom. The number of carbonyl (C=O) groups is 1. The number of ether oxygens (including phenoxy) is 3. The molecule has 1 atom stereocenters. The Bertz CT molecular complexity index is 1140. The largest absolute Gasteiger partial charge is 0.497 e. The van der Waals surface area contributed by atoms with Gasteiger partial charge in [-0.05, 0) is 74.9 Å². The molecule has 1 amide bonds. The average molecular weight is 581 g/mol. The molecule has 9 nitrogen and oxygen atoms in total. The van der Waals surface area contributed by atoms with E-state index in [1.165, 1.54) is 0 Å². The number of aromatic nitrogens is 3. The van der Waals surface area contributed by atoms with Crippen molar-refractivity contribution >= 4 is 45.4 Å². The monoisotopic (exact) mass is 581 g/mol. The molecular weight excluding hydrogens is 549 g/mol. The SMILES string of the molecule is COc1ccc(CNc2nccc3c2c(I)nn3CC[C@@H](C)NC(=O)OC(C)(C)C)c(OC)c1. The molecule has 10 heteroatoms. The molecule has 0 aliphatic heterocycles. The highest BCUT2D eigenvalue weighted by Crippen LogP contribution is 2.29. The molecule has 0 saturated heterocycles. The van der Waals surface area contributed by atoms with Gasteiger partial charge in [0.05, 0.1) is 25.1 Å². The van der Waals surface area contributed by atoms with Gasteiger partial charge in [-0.25, -0.2) is 9.78 Å². The van der Waals surface area contributed by atoms with Crippen LogP contribution in [0.3, 0.4) is 0 Å². The highest BCUT2D eigenvalue weighted by Gasteiger charge is 2.19. The van der Waals surface area contributed by atoms with E-state index < -0.39 is 11.7 Å². The summed E-state index contributed by atoms with van der Waals surface area (Å²) in [6.07, 6.45) is 2.07. The van der Waals surface area contributed by atoms with Crippen molar-refractivity contribution in [2.45, 2.75) is 58.8 Å². The normalized spacial score (nSPS) is 12.3. The van der Waals surface area contributed by atoms with Gasteiger partial charge in [-0.15, -0.1) is 0 Å². The first-order valence-electron chi connectivity index (χ1n) is 11.1. The molecule has 0 radical (unpaired) electrons. The lowest BCUT2D eigenvalue weighted by Gasteiger charge is -2.22. The zero-order chi connectivity index (χ0) is 24.9. The second-order valence-corrected chi connectivity index (χ2v) is 9.96. The van der Waals surface area contributed by atoms with Crippen molar-refractivity contribution < 1.29 is 19.0 Å². The number of fused-ring (bicyclic) bond motifs is 1. The summed E-state index contributed by atoms with van der Waals surface area (Å²) in [5.74, 6) is 2.24. The third kappa shape index (κ3) is 6.64. The van der Waals surface area contributed by atoms with E-state index in [1.54, 1.807) is 20.4 Å². The molecule has 184 valence electrons. The van der Waals surface area contributed by atoms with E-state index in [0.29, 0.717) is 19.5 Å². The van der Waals surface area contributed by atoms with Gasteiger partial charge in [-0.2, -0.15) is 5.10 Å². The first-order chi connectivity index (χ1) is 16.1. The van der Waals surface area contributed by atoms with Gasteiger partial charge >= 0.3 is 6.09 Å². The summed E-state index contributed by atoms with van der Waals surface area (Å²) in [7, 11) is 3.27. The van der Waals surface area contributed by atoms with Crippen LogP contribution in [0.1, 0.15) is 39.7 Å². The van der Waals surface area contributed by atoms with Crippen molar-refractivity contribution in [1.82, 2.24) is 20.1 Å². The first kappa shape index (κ1) is 25.9. The number of halogens is 1. The number of carbonyl (C=O) groups excluding carboxylic acids is 1. The molecule has 2 N–H and O–H groups in total. The third-order valence-corrected chi connectivity index (χ3v) is 5.85. The smallest absolute Gasteiger partial charge is 0.407 e. The molecule has 2 heterocycles. The van der Waals surface area contributed by atoms with Gasteiger partial charge in [0.25, 0.3) is 0 Å². The Balaban J connectivity index is 1.70. The second kappa shape index (κ2) is 11.1. The van der Waals surface area contributed by atoms with Crippen LogP contribution in [0.15, 0.2) is 30.5 Å². The maximum Gasteiger partial charge on any atom is 0.407 e. The van der Waals surface area contributed by atoms with Gasteiger partial charge < -0.3 is 24.8 Å². The van der Waals surface area contributed by atoms with E-state index in [1.807, 2.05) is 56.6 Å². The van der Waals surface area contributed by atoms with E-state index in [0.717, 1.165) is 37.5 Å². The van der Waals surface area contributed by atoms with Crippen LogP contribution >= 0.6 is 22.6 Å².